The van der Waals surface area contributed by atoms with Gasteiger partial charge < -0.3 is 38.4 Å². The van der Waals surface area contributed by atoms with Gasteiger partial charge in [0.15, 0.2) is 0 Å². The number of ketones is 1. The molecule has 0 saturated carbocycles. The van der Waals surface area contributed by atoms with Crippen LogP contribution in [0.1, 0.15) is 30.1 Å². The normalized spacial score (nSPS) is 13.4. The molecule has 0 atom stereocenters. The number of likely N-dealkylation sites (tertiary alicyclic amines) is 1. The molecule has 10 heteroatoms. The number of hydrogen-bond acceptors (Lipinski definition) is 7. The number of nitrogens with zero attached hydrogens (tertiary/aromatic N) is 4. The summed E-state index contributed by atoms with van der Waals surface area (Å²) in [5, 5.41) is 13.8. The number of ether oxygens (including phenoxy) is 1. The van der Waals surface area contributed by atoms with Gasteiger partial charge in [0.25, 0.3) is 11.7 Å². The zero-order valence-electron chi connectivity index (χ0n) is 21.6. The standard InChI is InChI=1S/C27H24N5O3S.CH3.Y/c1-4-6-17(7-5-2)19(14-28)18-8-11-32(12-9-18)27(34)25(33)20-15-30-23-22(20)21(35-3)16-31-24(23)26-29-10-13-36-26;;/h4-7,10,15-16,30H,1,8-9,11-12H2,2-3H3;1H3;/q2*-1;/b7-5-,17-6+;;. The fourth-order valence-corrected chi connectivity index (χ4v) is 4.86. The quantitative estimate of drug-likeness (QED) is 0.130. The van der Waals surface area contributed by atoms with Gasteiger partial charge in [0.1, 0.15) is 5.75 Å². The summed E-state index contributed by atoms with van der Waals surface area (Å²) in [6, 6.07) is 2.29. The summed E-state index contributed by atoms with van der Waals surface area (Å²) < 4.78 is 5.45. The van der Waals surface area contributed by atoms with Crippen LogP contribution in [0.5, 0.6) is 5.75 Å². The zero-order chi connectivity index (χ0) is 25.7. The number of fused-ring (bicyclic) bond motifs is 1. The molecule has 1 aliphatic rings. The molecule has 0 aliphatic carbocycles. The third-order valence-electron chi connectivity index (χ3n) is 5.98. The number of amides is 1. The van der Waals surface area contributed by atoms with Crippen LogP contribution in [0, 0.1) is 24.1 Å². The van der Waals surface area contributed by atoms with Crippen LogP contribution in [-0.2, 0) is 37.5 Å². The van der Waals surface area contributed by atoms with Crippen molar-refractivity contribution in [1.29, 1.82) is 5.26 Å². The van der Waals surface area contributed by atoms with Gasteiger partial charge >= 0.3 is 0 Å². The molecule has 4 heterocycles. The van der Waals surface area contributed by atoms with E-state index in [0.29, 0.717) is 58.9 Å². The molecule has 0 aromatic carbocycles. The van der Waals surface area contributed by atoms with Crippen molar-refractivity contribution in [2.45, 2.75) is 19.8 Å². The maximum Gasteiger partial charge on any atom is 0.295 e. The molecule has 1 aliphatic heterocycles. The first-order valence-electron chi connectivity index (χ1n) is 11.3. The molecule has 1 saturated heterocycles. The first-order chi connectivity index (χ1) is 17.5. The summed E-state index contributed by atoms with van der Waals surface area (Å²) in [6.07, 6.45) is 12.8. The second-order valence-corrected chi connectivity index (χ2v) is 8.81. The monoisotopic (exact) mass is 602 g/mol. The number of nitrogens with one attached hydrogen (secondary N) is 1. The Morgan fingerprint density at radius 1 is 1.32 bits per heavy atom. The zero-order valence-corrected chi connectivity index (χ0v) is 25.2. The maximum absolute atomic E-state index is 13.3. The average molecular weight is 603 g/mol. The predicted molar refractivity (Wildman–Crippen MR) is 145 cm³/mol. The minimum absolute atomic E-state index is 0. The number of piperidine rings is 1. The van der Waals surface area contributed by atoms with Crippen molar-refractivity contribution in [2.75, 3.05) is 20.2 Å². The molecular formula is C28H27N5O3SY-2. The summed E-state index contributed by atoms with van der Waals surface area (Å²) in [5.74, 6) is -0.831. The van der Waals surface area contributed by atoms with Gasteiger partial charge in [0.2, 0.25) is 0 Å². The third kappa shape index (κ3) is 6.10. The van der Waals surface area contributed by atoms with E-state index in [2.05, 4.69) is 33.0 Å². The first-order valence-corrected chi connectivity index (χ1v) is 12.1. The largest absolute Gasteiger partial charge is 0.494 e. The van der Waals surface area contributed by atoms with Gasteiger partial charge in [-0.3, -0.25) is 14.6 Å². The molecule has 3 aromatic rings. The van der Waals surface area contributed by atoms with Gasteiger partial charge in [-0.2, -0.15) is 10.6 Å². The van der Waals surface area contributed by atoms with Crippen LogP contribution in [0.2, 0.25) is 0 Å². The topological polar surface area (TPSA) is 112 Å². The number of carbonyl (C=O) groups excluding carboxylic acids is 2. The van der Waals surface area contributed by atoms with E-state index in [0.717, 1.165) is 11.1 Å². The number of carbonyl (C=O) groups is 2. The minimum Gasteiger partial charge on any atom is -0.494 e. The van der Waals surface area contributed by atoms with E-state index < -0.39 is 11.7 Å². The molecule has 1 N–H and O–H groups in total. The number of nitriles is 1. The number of rotatable bonds is 7. The van der Waals surface area contributed by atoms with Crippen LogP contribution in [0.3, 0.4) is 0 Å². The van der Waals surface area contributed by atoms with Crippen LogP contribution in [0.25, 0.3) is 21.6 Å². The Balaban J connectivity index is 0.00000253. The molecule has 1 amide bonds. The summed E-state index contributed by atoms with van der Waals surface area (Å²) in [5.41, 5.74) is 3.69. The van der Waals surface area contributed by atoms with Crippen molar-refractivity contribution >= 4 is 33.9 Å². The van der Waals surface area contributed by atoms with E-state index in [1.165, 1.54) is 35.7 Å². The molecule has 38 heavy (non-hydrogen) atoms. The Bertz CT molecular complexity index is 1450. The fourth-order valence-electron chi connectivity index (χ4n) is 4.28. The SMILES string of the molecule is C=C/C=C(\C=C/C)C(C#N)=C1CCN(C(=O)C(=O)c2c[nH]c3c(-c4nc[c-]s4)ncc(OC)c23)CC1.[CH3-].[Y]. The third-order valence-corrected chi connectivity index (χ3v) is 6.69. The molecule has 4 rings (SSSR count). The van der Waals surface area contributed by atoms with E-state index >= 15 is 0 Å². The number of allylic oxidation sites excluding steroid dienone is 6. The first kappa shape index (κ1) is 31.0. The number of aromatic nitrogens is 3. The Kier molecular flexibility index (Phi) is 11.5. The van der Waals surface area contributed by atoms with Crippen LogP contribution in [0.4, 0.5) is 0 Å². The van der Waals surface area contributed by atoms with Gasteiger partial charge in [0.05, 0.1) is 41.4 Å². The second kappa shape index (κ2) is 14.1. The van der Waals surface area contributed by atoms with Crippen LogP contribution >= 0.6 is 11.3 Å². The van der Waals surface area contributed by atoms with Gasteiger partial charge in [-0.05, 0) is 35.9 Å². The smallest absolute Gasteiger partial charge is 0.295 e. The number of pyridine rings is 1. The predicted octanol–water partition coefficient (Wildman–Crippen LogP) is 5.26. The molecule has 1 fully saturated rings. The Morgan fingerprint density at radius 3 is 2.63 bits per heavy atom. The minimum atomic E-state index is -0.628. The van der Waals surface area contributed by atoms with Crippen LogP contribution in [0.15, 0.2) is 66.2 Å². The Labute approximate surface area is 251 Å². The molecule has 0 spiro atoms. The molecule has 3 aromatic heterocycles. The molecule has 8 nitrogen and oxygen atoms in total. The number of hydrogen-bond donors (Lipinski definition) is 1. The van der Waals surface area contributed by atoms with Gasteiger partial charge in [-0.1, -0.05) is 37.1 Å². The second-order valence-electron chi connectivity index (χ2n) is 7.98. The van der Waals surface area contributed by atoms with Crippen molar-refractivity contribution in [3.8, 4) is 22.5 Å². The van der Waals surface area contributed by atoms with Crippen LogP contribution < -0.4 is 4.74 Å². The van der Waals surface area contributed by atoms with Gasteiger partial charge in [-0.15, -0.1) is 0 Å². The van der Waals surface area contributed by atoms with Crippen molar-refractivity contribution in [2.24, 2.45) is 0 Å². The molecule has 193 valence electrons. The number of H-pyrrole nitrogens is 1. The molecule has 0 unspecified atom stereocenters. The Morgan fingerprint density at radius 2 is 2.05 bits per heavy atom. The van der Waals surface area contributed by atoms with Crippen molar-refractivity contribution in [1.82, 2.24) is 19.9 Å². The van der Waals surface area contributed by atoms with E-state index in [-0.39, 0.29) is 45.7 Å². The Hall–Kier alpha value is -3.19. The maximum atomic E-state index is 13.3. The summed E-state index contributed by atoms with van der Waals surface area (Å²) in [6.45, 7) is 6.31. The van der Waals surface area contributed by atoms with E-state index in [4.69, 9.17) is 4.74 Å². The van der Waals surface area contributed by atoms with E-state index in [1.807, 2.05) is 19.1 Å². The van der Waals surface area contributed by atoms with Crippen molar-refractivity contribution < 1.29 is 47.0 Å². The van der Waals surface area contributed by atoms with Crippen molar-refractivity contribution in [3.05, 3.63) is 84.6 Å². The number of methoxy groups -OCH3 is 1. The van der Waals surface area contributed by atoms with Crippen molar-refractivity contribution in [3.63, 3.8) is 0 Å². The molecule has 0 bridgehead atoms. The summed E-state index contributed by atoms with van der Waals surface area (Å²) >= 11 is 1.30. The van der Waals surface area contributed by atoms with Crippen LogP contribution in [-0.4, -0.2) is 51.7 Å². The number of thiazole rings is 1. The fraction of sp³-hybridized carbons (Fsp3) is 0.214. The number of aromatic amines is 1. The molecule has 1 radical (unpaired) electrons. The van der Waals surface area contributed by atoms with Gasteiger partial charge in [-0.25, -0.2) is 0 Å². The van der Waals surface area contributed by atoms with E-state index in [1.54, 1.807) is 18.3 Å². The number of Topliss-reactive ketones (excluding diaryl/α,β-unsaturated/α-hetero) is 1. The molecular weight excluding hydrogens is 575 g/mol. The summed E-state index contributed by atoms with van der Waals surface area (Å²) in [4.78, 5) is 39.8. The van der Waals surface area contributed by atoms with E-state index in [9.17, 15) is 14.9 Å². The average Bonchev–Trinajstić information content (AvgIpc) is 3.59. The summed E-state index contributed by atoms with van der Waals surface area (Å²) in [7, 11) is 1.49. The van der Waals surface area contributed by atoms with Gasteiger partial charge in [0, 0.05) is 57.7 Å².